The molecule has 198 valence electrons. The number of anilines is 3. The smallest absolute Gasteiger partial charge is 0.255 e. The first-order valence-electron chi connectivity index (χ1n) is 13.6. The van der Waals surface area contributed by atoms with E-state index in [2.05, 4.69) is 36.1 Å². The molecule has 1 saturated carbocycles. The average molecular weight is 534 g/mol. The van der Waals surface area contributed by atoms with Crippen LogP contribution in [0.2, 0.25) is 0 Å². The fourth-order valence-corrected chi connectivity index (χ4v) is 8.23. The van der Waals surface area contributed by atoms with E-state index in [-0.39, 0.29) is 23.0 Å². The lowest BCUT2D eigenvalue weighted by Crippen LogP contribution is -2.50. The van der Waals surface area contributed by atoms with Crippen LogP contribution in [0.1, 0.15) is 52.9 Å². The second kappa shape index (κ2) is 8.98. The summed E-state index contributed by atoms with van der Waals surface area (Å²) in [5.41, 5.74) is 2.91. The number of fused-ring (bicyclic) bond motifs is 6. The minimum atomic E-state index is -0.490. The number of amides is 1. The van der Waals surface area contributed by atoms with Gasteiger partial charge in [0.2, 0.25) is 5.95 Å². The van der Waals surface area contributed by atoms with E-state index in [1.54, 1.807) is 0 Å². The van der Waals surface area contributed by atoms with Gasteiger partial charge in [0.15, 0.2) is 5.82 Å². The number of piperidine rings is 1. The maximum atomic E-state index is 15.1. The highest BCUT2D eigenvalue weighted by molar-refractivity contribution is 7.16. The van der Waals surface area contributed by atoms with Crippen molar-refractivity contribution < 1.29 is 9.18 Å². The van der Waals surface area contributed by atoms with Crippen molar-refractivity contribution in [3.05, 3.63) is 46.3 Å². The Kier molecular flexibility index (Phi) is 5.66. The molecule has 8 rings (SSSR count). The quantitative estimate of drug-likeness (QED) is 0.526. The van der Waals surface area contributed by atoms with Gasteiger partial charge in [-0.1, -0.05) is 6.42 Å². The summed E-state index contributed by atoms with van der Waals surface area (Å²) in [5, 5.41) is 3.16. The summed E-state index contributed by atoms with van der Waals surface area (Å²) in [7, 11) is 1.86. The Hall–Kier alpha value is -3.11. The number of hydrogen-bond acceptors (Lipinski definition) is 8. The minimum Gasteiger partial charge on any atom is -0.366 e. The molecule has 1 spiro atoms. The lowest BCUT2D eigenvalue weighted by atomic mass is 9.65. The van der Waals surface area contributed by atoms with Crippen LogP contribution in [0.4, 0.5) is 21.8 Å². The first-order valence-corrected chi connectivity index (χ1v) is 14.4. The zero-order valence-corrected chi connectivity index (χ0v) is 22.7. The predicted molar refractivity (Wildman–Crippen MR) is 147 cm³/mol. The Balaban J connectivity index is 1.16. The number of hydrogen-bond donors (Lipinski definition) is 1. The molecule has 1 N–H and O–H groups in total. The number of nitrogens with zero attached hydrogens (tertiary/aromatic N) is 6. The van der Waals surface area contributed by atoms with Gasteiger partial charge in [0.25, 0.3) is 5.91 Å². The number of rotatable bonds is 4. The largest absolute Gasteiger partial charge is 0.366 e. The van der Waals surface area contributed by atoms with Crippen LogP contribution in [0.15, 0.2) is 24.5 Å². The van der Waals surface area contributed by atoms with Crippen LogP contribution >= 0.6 is 11.3 Å². The lowest BCUT2D eigenvalue weighted by Gasteiger charge is -2.47. The zero-order valence-electron chi connectivity index (χ0n) is 21.8. The summed E-state index contributed by atoms with van der Waals surface area (Å²) < 4.78 is 15.1. The molecule has 0 radical (unpaired) electrons. The highest BCUT2D eigenvalue weighted by Crippen LogP contribution is 2.53. The zero-order chi connectivity index (χ0) is 26.0. The fourth-order valence-electron chi connectivity index (χ4n) is 6.70. The lowest BCUT2D eigenvalue weighted by molar-refractivity contribution is 0.0658. The molecule has 1 aliphatic carbocycles. The first-order chi connectivity index (χ1) is 18.4. The molecule has 38 heavy (non-hydrogen) atoms. The fraction of sp³-hybridized carbons (Fsp3) is 0.500. The van der Waals surface area contributed by atoms with Crippen molar-refractivity contribution >= 4 is 34.7 Å². The molecule has 2 bridgehead atoms. The SMILES string of the molecule is Cc1c(-c2nc(Nc3ccc(N4CCN5CCC4CC5)cn3)ncc2F)sc2c1C(=O)N(C)CC21CCC1. The third kappa shape index (κ3) is 3.79. The molecule has 8 nitrogen and oxygen atoms in total. The van der Waals surface area contributed by atoms with Gasteiger partial charge in [0.05, 0.1) is 28.5 Å². The Morgan fingerprint density at radius 1 is 1.11 bits per heavy atom. The van der Waals surface area contributed by atoms with E-state index in [1.807, 2.05) is 31.1 Å². The highest BCUT2D eigenvalue weighted by atomic mass is 32.1. The van der Waals surface area contributed by atoms with Crippen LogP contribution in [0, 0.1) is 12.7 Å². The molecule has 0 aromatic carbocycles. The molecular weight excluding hydrogens is 501 g/mol. The number of halogens is 1. The van der Waals surface area contributed by atoms with Crippen molar-refractivity contribution in [1.82, 2.24) is 24.8 Å². The number of nitrogens with one attached hydrogen (secondary N) is 1. The Morgan fingerprint density at radius 2 is 1.92 bits per heavy atom. The molecule has 3 aromatic heterocycles. The summed E-state index contributed by atoms with van der Waals surface area (Å²) in [6, 6.07) is 4.59. The summed E-state index contributed by atoms with van der Waals surface area (Å²) in [6.45, 7) is 7.11. The molecule has 4 fully saturated rings. The first kappa shape index (κ1) is 24.0. The molecule has 3 aromatic rings. The van der Waals surface area contributed by atoms with Crippen LogP contribution in [-0.4, -0.2) is 76.5 Å². The normalized spacial score (nSPS) is 23.8. The molecule has 7 heterocycles. The van der Waals surface area contributed by atoms with Gasteiger partial charge in [0.1, 0.15) is 11.5 Å². The van der Waals surface area contributed by atoms with Gasteiger partial charge < -0.3 is 20.0 Å². The average Bonchev–Trinajstić information content (AvgIpc) is 3.03. The Labute approximate surface area is 225 Å². The second-order valence-electron chi connectivity index (χ2n) is 11.2. The van der Waals surface area contributed by atoms with E-state index in [1.165, 1.54) is 43.5 Å². The summed E-state index contributed by atoms with van der Waals surface area (Å²) in [5.74, 6) is 0.428. The Bertz CT molecular complexity index is 1390. The van der Waals surface area contributed by atoms with E-state index >= 15 is 4.39 Å². The summed E-state index contributed by atoms with van der Waals surface area (Å²) in [6.07, 6.45) is 8.78. The molecule has 0 unspecified atom stereocenters. The van der Waals surface area contributed by atoms with Crippen molar-refractivity contribution in [3.8, 4) is 10.6 Å². The molecule has 1 amide bonds. The molecule has 10 heteroatoms. The standard InChI is InChI=1S/C28H32FN7OS/c1-17-22-25(28(8-3-9-28)16-34(2)26(22)37)38-24(17)23-20(29)15-31-27(33-23)32-21-5-4-19(14-30-21)36-13-12-35-10-6-18(36)7-11-35/h4-5,14-15,18H,3,6-13,16H2,1-2H3,(H,30,31,32,33). The molecule has 4 aliphatic heterocycles. The number of pyridine rings is 1. The number of carbonyl (C=O) groups is 1. The van der Waals surface area contributed by atoms with Gasteiger partial charge in [-0.2, -0.15) is 0 Å². The number of likely N-dealkylation sites (N-methyl/N-ethyl adjacent to an activating group) is 1. The molecular formula is C28H32FN7OS. The molecule has 3 saturated heterocycles. The van der Waals surface area contributed by atoms with Crippen LogP contribution < -0.4 is 10.2 Å². The number of aromatic nitrogens is 3. The van der Waals surface area contributed by atoms with Gasteiger partial charge in [-0.25, -0.2) is 19.3 Å². The van der Waals surface area contributed by atoms with E-state index in [0.29, 0.717) is 16.7 Å². The maximum absolute atomic E-state index is 15.1. The van der Waals surface area contributed by atoms with Crippen molar-refractivity contribution in [2.75, 3.05) is 50.0 Å². The summed E-state index contributed by atoms with van der Waals surface area (Å²) >= 11 is 1.53. The Morgan fingerprint density at radius 3 is 2.63 bits per heavy atom. The van der Waals surface area contributed by atoms with Crippen LogP contribution in [0.5, 0.6) is 0 Å². The molecule has 0 atom stereocenters. The van der Waals surface area contributed by atoms with Gasteiger partial charge >= 0.3 is 0 Å². The monoisotopic (exact) mass is 533 g/mol. The van der Waals surface area contributed by atoms with E-state index in [0.717, 1.165) is 60.6 Å². The number of thiophene rings is 1. The topological polar surface area (TPSA) is 77.5 Å². The van der Waals surface area contributed by atoms with Crippen molar-refractivity contribution in [2.24, 2.45) is 0 Å². The van der Waals surface area contributed by atoms with Crippen molar-refractivity contribution in [2.45, 2.75) is 50.5 Å². The maximum Gasteiger partial charge on any atom is 0.255 e. The van der Waals surface area contributed by atoms with E-state index in [9.17, 15) is 4.79 Å². The van der Waals surface area contributed by atoms with Gasteiger partial charge in [-0.05, 0) is 50.3 Å². The van der Waals surface area contributed by atoms with E-state index < -0.39 is 5.82 Å². The van der Waals surface area contributed by atoms with Crippen molar-refractivity contribution in [3.63, 3.8) is 0 Å². The van der Waals surface area contributed by atoms with E-state index in [4.69, 9.17) is 0 Å². The minimum absolute atomic E-state index is 0.00603. The number of carbonyl (C=O) groups excluding carboxylic acids is 1. The third-order valence-corrected chi connectivity index (χ3v) is 10.5. The molecule has 5 aliphatic rings. The van der Waals surface area contributed by atoms with Crippen molar-refractivity contribution in [1.29, 1.82) is 0 Å². The third-order valence-electron chi connectivity index (χ3n) is 8.97. The van der Waals surface area contributed by atoms with Gasteiger partial charge in [0, 0.05) is 56.1 Å². The predicted octanol–water partition coefficient (Wildman–Crippen LogP) is 4.58. The second-order valence-corrected chi connectivity index (χ2v) is 12.3. The van der Waals surface area contributed by atoms with Crippen LogP contribution in [0.25, 0.3) is 10.6 Å². The van der Waals surface area contributed by atoms with Crippen LogP contribution in [-0.2, 0) is 5.41 Å². The summed E-state index contributed by atoms with van der Waals surface area (Å²) in [4.78, 5) is 35.1. The van der Waals surface area contributed by atoms with Crippen LogP contribution in [0.3, 0.4) is 0 Å². The van der Waals surface area contributed by atoms with Gasteiger partial charge in [-0.15, -0.1) is 11.3 Å². The highest BCUT2D eigenvalue weighted by Gasteiger charge is 2.48. The van der Waals surface area contributed by atoms with Gasteiger partial charge in [-0.3, -0.25) is 4.79 Å².